The van der Waals surface area contributed by atoms with Crippen molar-refractivity contribution in [1.82, 2.24) is 0 Å². The molecule has 0 rings (SSSR count). The van der Waals surface area contributed by atoms with E-state index in [1.54, 1.807) is 0 Å². The van der Waals surface area contributed by atoms with Gasteiger partial charge in [-0.25, -0.2) is 0 Å². The minimum Gasteiger partial charge on any atom is -0.163 e. The van der Waals surface area contributed by atoms with Gasteiger partial charge in [-0.3, -0.25) is 0 Å². The topological polar surface area (TPSA) is 0 Å². The molecule has 0 aromatic rings. The Kier molecular flexibility index (Phi) is 32.7. The Morgan fingerprint density at radius 3 is 0.605 bits per heavy atom. The molecule has 0 amide bonds. The summed E-state index contributed by atoms with van der Waals surface area (Å²) in [7, 11) is 6.57. The summed E-state index contributed by atoms with van der Waals surface area (Å²) >= 11 is 0. The second-order valence-corrected chi connectivity index (χ2v) is 17.7. The van der Waals surface area contributed by atoms with Crippen molar-refractivity contribution < 1.29 is 0 Å². The van der Waals surface area contributed by atoms with Crippen LogP contribution in [0, 0.1) is 0 Å². The highest BCUT2D eigenvalue weighted by Crippen LogP contribution is 2.55. The van der Waals surface area contributed by atoms with Crippen LogP contribution in [0.3, 0.4) is 0 Å². The van der Waals surface area contributed by atoms with Gasteiger partial charge in [-0.05, 0) is 36.5 Å². The van der Waals surface area contributed by atoms with Gasteiger partial charge in [0.2, 0.25) is 0 Å². The van der Waals surface area contributed by atoms with E-state index in [1.165, 1.54) is 210 Å². The fourth-order valence-electron chi connectivity index (χ4n) is 5.85. The van der Waals surface area contributed by atoms with Crippen molar-refractivity contribution >= 4 is 19.9 Å². The van der Waals surface area contributed by atoms with Crippen LogP contribution < -0.4 is 0 Å². The first-order chi connectivity index (χ1) is 18.7. The summed E-state index contributed by atoms with van der Waals surface area (Å²) in [5, 5.41) is 0. The zero-order valence-electron chi connectivity index (χ0n) is 27.1. The molecule has 0 radical (unpaired) electrons. The van der Waals surface area contributed by atoms with E-state index in [-0.39, 0.29) is 0 Å². The standard InChI is InChI=1S/C36H75ClS/c1-4-7-10-13-16-19-22-25-28-31-34-38(37,35-32-29-26-23-20-17-14-11-8-5-2)36-33-30-27-24-21-18-15-12-9-6-3/h4-36H2,1-3H3. The maximum atomic E-state index is 7.46. The molecule has 0 aliphatic carbocycles. The lowest BCUT2D eigenvalue weighted by Crippen LogP contribution is -2.09. The fraction of sp³-hybridized carbons (Fsp3) is 1.00. The third kappa shape index (κ3) is 29.6. The molecule has 0 saturated carbocycles. The minimum atomic E-state index is -0.890. The summed E-state index contributed by atoms with van der Waals surface area (Å²) < 4.78 is 0. The lowest BCUT2D eigenvalue weighted by atomic mass is 10.1. The summed E-state index contributed by atoms with van der Waals surface area (Å²) in [6.45, 7) is 6.93. The van der Waals surface area contributed by atoms with E-state index >= 15 is 0 Å². The van der Waals surface area contributed by atoms with Crippen LogP contribution in [-0.2, 0) is 0 Å². The maximum absolute atomic E-state index is 7.46. The molecule has 232 valence electrons. The van der Waals surface area contributed by atoms with Crippen LogP contribution in [0.1, 0.15) is 213 Å². The van der Waals surface area contributed by atoms with Crippen LogP contribution in [-0.4, -0.2) is 17.3 Å². The van der Waals surface area contributed by atoms with E-state index in [9.17, 15) is 0 Å². The van der Waals surface area contributed by atoms with Crippen molar-refractivity contribution in [2.24, 2.45) is 0 Å². The van der Waals surface area contributed by atoms with Crippen LogP contribution in [0.15, 0.2) is 0 Å². The van der Waals surface area contributed by atoms with E-state index < -0.39 is 9.24 Å². The van der Waals surface area contributed by atoms with Crippen LogP contribution in [0.25, 0.3) is 0 Å². The lowest BCUT2D eigenvalue weighted by Gasteiger charge is -2.33. The molecular formula is C36H75ClS. The molecular weight excluding hydrogens is 500 g/mol. The van der Waals surface area contributed by atoms with Gasteiger partial charge in [0.05, 0.1) is 0 Å². The molecule has 0 fully saturated rings. The lowest BCUT2D eigenvalue weighted by molar-refractivity contribution is 0.560. The molecule has 0 bridgehead atoms. The zero-order chi connectivity index (χ0) is 27.8. The number of halogens is 1. The smallest absolute Gasteiger partial charge is 0.0101 e. The van der Waals surface area contributed by atoms with Crippen LogP contribution >= 0.6 is 19.9 Å². The normalized spacial score (nSPS) is 12.4. The summed E-state index contributed by atoms with van der Waals surface area (Å²) in [5.41, 5.74) is 0. The van der Waals surface area contributed by atoms with Gasteiger partial charge >= 0.3 is 0 Å². The van der Waals surface area contributed by atoms with Gasteiger partial charge in [0.1, 0.15) is 0 Å². The third-order valence-corrected chi connectivity index (χ3v) is 13.0. The van der Waals surface area contributed by atoms with Crippen LogP contribution in [0.5, 0.6) is 0 Å². The Balaban J connectivity index is 4.06. The molecule has 0 spiro atoms. The highest BCUT2D eigenvalue weighted by atomic mass is 35.7. The average molecular weight is 576 g/mol. The number of hydrogen-bond acceptors (Lipinski definition) is 0. The van der Waals surface area contributed by atoms with E-state index in [1.807, 2.05) is 0 Å². The Bertz CT molecular complexity index is 364. The van der Waals surface area contributed by atoms with E-state index in [0.717, 1.165) is 0 Å². The fourth-order valence-corrected chi connectivity index (χ4v) is 9.61. The van der Waals surface area contributed by atoms with Gasteiger partial charge < -0.3 is 0 Å². The summed E-state index contributed by atoms with van der Waals surface area (Å²) in [5.74, 6) is 4.04. The largest absolute Gasteiger partial charge is 0.163 e. The highest BCUT2D eigenvalue weighted by molar-refractivity contribution is 8.51. The molecule has 38 heavy (non-hydrogen) atoms. The van der Waals surface area contributed by atoms with E-state index in [2.05, 4.69) is 20.8 Å². The second-order valence-electron chi connectivity index (χ2n) is 12.6. The second kappa shape index (κ2) is 32.2. The van der Waals surface area contributed by atoms with Gasteiger partial charge in [0.15, 0.2) is 0 Å². The monoisotopic (exact) mass is 575 g/mol. The molecule has 0 aromatic carbocycles. The number of rotatable bonds is 33. The quantitative estimate of drug-likeness (QED) is 0.0683. The molecule has 0 nitrogen and oxygen atoms in total. The van der Waals surface area contributed by atoms with Gasteiger partial charge in [-0.15, -0.1) is 0 Å². The number of unbranched alkanes of at least 4 members (excludes halogenated alkanes) is 27. The van der Waals surface area contributed by atoms with Gasteiger partial charge in [-0.2, -0.15) is 9.24 Å². The summed E-state index contributed by atoms with van der Waals surface area (Å²) in [4.78, 5) is 0. The SMILES string of the molecule is CCCCCCCCCCCCS(Cl)(CCCCCCCCCCCC)CCCCCCCCCCCC. The first-order valence-electron chi connectivity index (χ1n) is 18.1. The molecule has 0 unspecified atom stereocenters. The first-order valence-corrected chi connectivity index (χ1v) is 21.1. The van der Waals surface area contributed by atoms with Crippen molar-refractivity contribution in [3.8, 4) is 0 Å². The Labute approximate surface area is 249 Å². The third-order valence-electron chi connectivity index (χ3n) is 8.59. The van der Waals surface area contributed by atoms with Crippen molar-refractivity contribution in [3.05, 3.63) is 0 Å². The molecule has 0 aromatic heterocycles. The molecule has 0 aliphatic heterocycles. The summed E-state index contributed by atoms with van der Waals surface area (Å²) in [6.07, 6.45) is 43.0. The van der Waals surface area contributed by atoms with E-state index in [0.29, 0.717) is 0 Å². The van der Waals surface area contributed by atoms with Crippen molar-refractivity contribution in [2.45, 2.75) is 213 Å². The van der Waals surface area contributed by atoms with Crippen molar-refractivity contribution in [3.63, 3.8) is 0 Å². The van der Waals surface area contributed by atoms with Gasteiger partial charge in [0.25, 0.3) is 0 Å². The average Bonchev–Trinajstić information content (AvgIpc) is 2.92. The van der Waals surface area contributed by atoms with Gasteiger partial charge in [0, 0.05) is 0 Å². The van der Waals surface area contributed by atoms with Crippen LogP contribution in [0.2, 0.25) is 0 Å². The van der Waals surface area contributed by atoms with Gasteiger partial charge in [-0.1, -0.05) is 205 Å². The predicted octanol–water partition coefficient (Wildman–Crippen LogP) is 14.7. The highest BCUT2D eigenvalue weighted by Gasteiger charge is 2.20. The molecule has 2 heteroatoms. The molecule has 0 saturated heterocycles. The molecule has 0 aliphatic rings. The molecule has 0 N–H and O–H groups in total. The Morgan fingerprint density at radius 2 is 0.421 bits per heavy atom. The maximum Gasteiger partial charge on any atom is -0.0101 e. The zero-order valence-corrected chi connectivity index (χ0v) is 28.7. The Hall–Kier alpha value is 0.640. The Morgan fingerprint density at radius 1 is 0.263 bits per heavy atom. The van der Waals surface area contributed by atoms with Crippen molar-refractivity contribution in [2.75, 3.05) is 17.3 Å². The predicted molar refractivity (Wildman–Crippen MR) is 184 cm³/mol. The van der Waals surface area contributed by atoms with Crippen LogP contribution in [0.4, 0.5) is 0 Å². The molecule has 0 heterocycles. The minimum absolute atomic E-state index is 0.890. The van der Waals surface area contributed by atoms with Crippen molar-refractivity contribution in [1.29, 1.82) is 0 Å². The number of hydrogen-bond donors (Lipinski definition) is 0. The first kappa shape index (κ1) is 38.6. The van der Waals surface area contributed by atoms with E-state index in [4.69, 9.17) is 10.7 Å². The summed E-state index contributed by atoms with van der Waals surface area (Å²) in [6, 6.07) is 0. The molecule has 0 atom stereocenters.